The van der Waals surface area contributed by atoms with E-state index in [1.807, 2.05) is 25.1 Å². The van der Waals surface area contributed by atoms with Crippen LogP contribution in [0.1, 0.15) is 35.5 Å². The molecule has 0 aliphatic heterocycles. The SMILES string of the molecule is CCC(N)C(Oc1ccc(C(N)=O)cc1)c1ccccn1. The number of rotatable bonds is 6. The van der Waals surface area contributed by atoms with Gasteiger partial charge in [-0.3, -0.25) is 9.78 Å². The van der Waals surface area contributed by atoms with Gasteiger partial charge in [-0.25, -0.2) is 0 Å². The van der Waals surface area contributed by atoms with Gasteiger partial charge in [-0.1, -0.05) is 13.0 Å². The minimum absolute atomic E-state index is 0.171. The van der Waals surface area contributed by atoms with Gasteiger partial charge < -0.3 is 16.2 Å². The molecule has 2 unspecified atom stereocenters. The molecule has 0 aliphatic rings. The van der Waals surface area contributed by atoms with Crippen LogP contribution in [0.4, 0.5) is 0 Å². The van der Waals surface area contributed by atoms with Gasteiger partial charge in [-0.05, 0) is 42.8 Å². The van der Waals surface area contributed by atoms with E-state index in [2.05, 4.69) is 4.98 Å². The molecule has 0 spiro atoms. The molecule has 1 aromatic carbocycles. The minimum Gasteiger partial charge on any atom is -0.482 e. The Kier molecular flexibility index (Phi) is 4.90. The number of carbonyl (C=O) groups excluding carboxylic acids is 1. The highest BCUT2D eigenvalue weighted by molar-refractivity contribution is 5.92. The second-order valence-electron chi connectivity index (χ2n) is 4.75. The van der Waals surface area contributed by atoms with Gasteiger partial charge in [0.05, 0.1) is 5.69 Å². The van der Waals surface area contributed by atoms with Gasteiger partial charge in [-0.15, -0.1) is 0 Å². The van der Waals surface area contributed by atoms with Crippen molar-refractivity contribution in [2.24, 2.45) is 11.5 Å². The number of pyridine rings is 1. The third-order valence-corrected chi connectivity index (χ3v) is 3.24. The van der Waals surface area contributed by atoms with Gasteiger partial charge in [0, 0.05) is 17.8 Å². The molecule has 110 valence electrons. The lowest BCUT2D eigenvalue weighted by Gasteiger charge is -2.23. The predicted octanol–water partition coefficient (Wildman–Crippen LogP) is 2.04. The van der Waals surface area contributed by atoms with Crippen molar-refractivity contribution in [1.82, 2.24) is 4.98 Å². The minimum atomic E-state index is -0.465. The third kappa shape index (κ3) is 3.79. The van der Waals surface area contributed by atoms with Crippen molar-refractivity contribution in [3.05, 3.63) is 59.9 Å². The molecule has 0 saturated heterocycles. The number of nitrogens with zero attached hydrogens (tertiary/aromatic N) is 1. The fourth-order valence-corrected chi connectivity index (χ4v) is 1.97. The van der Waals surface area contributed by atoms with Gasteiger partial charge in [0.25, 0.3) is 0 Å². The summed E-state index contributed by atoms with van der Waals surface area (Å²) in [6, 6.07) is 12.1. The van der Waals surface area contributed by atoms with Crippen LogP contribution in [0.3, 0.4) is 0 Å². The second kappa shape index (κ2) is 6.85. The van der Waals surface area contributed by atoms with Crippen LogP contribution in [-0.4, -0.2) is 16.9 Å². The average Bonchev–Trinajstić information content (AvgIpc) is 2.53. The number of primary amides is 1. The van der Waals surface area contributed by atoms with E-state index in [-0.39, 0.29) is 12.1 Å². The molecule has 1 amide bonds. The first-order valence-corrected chi connectivity index (χ1v) is 6.85. The molecule has 2 rings (SSSR count). The van der Waals surface area contributed by atoms with Crippen LogP contribution in [0.2, 0.25) is 0 Å². The quantitative estimate of drug-likeness (QED) is 0.849. The first-order chi connectivity index (χ1) is 10.1. The van der Waals surface area contributed by atoms with Crippen molar-refractivity contribution in [2.45, 2.75) is 25.5 Å². The average molecular weight is 285 g/mol. The molecule has 2 aromatic rings. The Balaban J connectivity index is 2.21. The number of nitrogens with two attached hydrogens (primary N) is 2. The van der Waals surface area contributed by atoms with E-state index in [1.165, 1.54) is 0 Å². The lowest BCUT2D eigenvalue weighted by Crippen LogP contribution is -2.32. The molecule has 21 heavy (non-hydrogen) atoms. The van der Waals surface area contributed by atoms with E-state index in [0.717, 1.165) is 12.1 Å². The summed E-state index contributed by atoms with van der Waals surface area (Å²) in [6.07, 6.45) is 2.14. The van der Waals surface area contributed by atoms with E-state index in [4.69, 9.17) is 16.2 Å². The molecule has 0 aliphatic carbocycles. The molecule has 5 heteroatoms. The Morgan fingerprint density at radius 1 is 1.24 bits per heavy atom. The summed E-state index contributed by atoms with van der Waals surface area (Å²) in [6.45, 7) is 2.00. The highest BCUT2D eigenvalue weighted by Gasteiger charge is 2.21. The molecular weight excluding hydrogens is 266 g/mol. The molecule has 1 aromatic heterocycles. The zero-order chi connectivity index (χ0) is 15.2. The first-order valence-electron chi connectivity index (χ1n) is 6.85. The van der Waals surface area contributed by atoms with Crippen molar-refractivity contribution < 1.29 is 9.53 Å². The maximum atomic E-state index is 11.1. The summed E-state index contributed by atoms with van der Waals surface area (Å²) in [5.74, 6) is 0.160. The zero-order valence-electron chi connectivity index (χ0n) is 11.9. The van der Waals surface area contributed by atoms with Gasteiger partial charge in [-0.2, -0.15) is 0 Å². The number of hydrogen-bond acceptors (Lipinski definition) is 4. The summed E-state index contributed by atoms with van der Waals surface area (Å²) >= 11 is 0. The van der Waals surface area contributed by atoms with Gasteiger partial charge >= 0.3 is 0 Å². The zero-order valence-corrected chi connectivity index (χ0v) is 11.9. The van der Waals surface area contributed by atoms with E-state index >= 15 is 0 Å². The first kappa shape index (κ1) is 15.0. The van der Waals surface area contributed by atoms with Crippen LogP contribution in [0.25, 0.3) is 0 Å². The fraction of sp³-hybridized carbons (Fsp3) is 0.250. The Morgan fingerprint density at radius 3 is 2.48 bits per heavy atom. The summed E-state index contributed by atoms with van der Waals surface area (Å²) in [4.78, 5) is 15.4. The lowest BCUT2D eigenvalue weighted by molar-refractivity contribution is 0.1000. The molecule has 2 atom stereocenters. The topological polar surface area (TPSA) is 91.2 Å². The van der Waals surface area contributed by atoms with Crippen molar-refractivity contribution in [3.8, 4) is 5.75 Å². The highest BCUT2D eigenvalue weighted by atomic mass is 16.5. The Bertz CT molecular complexity index is 584. The normalized spacial score (nSPS) is 13.4. The molecule has 5 nitrogen and oxygen atoms in total. The van der Waals surface area contributed by atoms with Crippen molar-refractivity contribution in [2.75, 3.05) is 0 Å². The fourth-order valence-electron chi connectivity index (χ4n) is 1.97. The van der Waals surface area contributed by atoms with E-state index in [1.54, 1.807) is 30.5 Å². The van der Waals surface area contributed by atoms with Gasteiger partial charge in [0.2, 0.25) is 5.91 Å². The Hall–Kier alpha value is -2.40. The van der Waals surface area contributed by atoms with Crippen molar-refractivity contribution in [1.29, 1.82) is 0 Å². The van der Waals surface area contributed by atoms with Crippen molar-refractivity contribution in [3.63, 3.8) is 0 Å². The maximum Gasteiger partial charge on any atom is 0.248 e. The largest absolute Gasteiger partial charge is 0.482 e. The van der Waals surface area contributed by atoms with Crippen molar-refractivity contribution >= 4 is 5.91 Å². The number of carbonyl (C=O) groups is 1. The van der Waals surface area contributed by atoms with Crippen LogP contribution in [0.5, 0.6) is 5.75 Å². The van der Waals surface area contributed by atoms with Gasteiger partial charge in [0.15, 0.2) is 6.10 Å². The van der Waals surface area contributed by atoms with Crippen LogP contribution in [0, 0.1) is 0 Å². The Labute approximate surface area is 123 Å². The summed E-state index contributed by atoms with van der Waals surface area (Å²) in [7, 11) is 0. The predicted molar refractivity (Wildman–Crippen MR) is 80.8 cm³/mol. The highest BCUT2D eigenvalue weighted by Crippen LogP contribution is 2.24. The number of benzene rings is 1. The summed E-state index contributed by atoms with van der Waals surface area (Å²) in [5.41, 5.74) is 12.6. The summed E-state index contributed by atoms with van der Waals surface area (Å²) in [5, 5.41) is 0. The monoisotopic (exact) mass is 285 g/mol. The van der Waals surface area contributed by atoms with Crippen LogP contribution < -0.4 is 16.2 Å². The molecule has 0 bridgehead atoms. The molecular formula is C16H19N3O2. The number of aromatic nitrogens is 1. The van der Waals surface area contributed by atoms with Crippen LogP contribution in [-0.2, 0) is 0 Å². The Morgan fingerprint density at radius 2 is 1.95 bits per heavy atom. The molecule has 0 radical (unpaired) electrons. The number of amides is 1. The standard InChI is InChI=1S/C16H19N3O2/c1-2-13(17)15(14-5-3-4-10-19-14)21-12-8-6-11(7-9-12)16(18)20/h3-10,13,15H,2,17H2,1H3,(H2,18,20). The molecule has 0 fully saturated rings. The molecule has 0 saturated carbocycles. The summed E-state index contributed by atoms with van der Waals surface area (Å²) < 4.78 is 5.95. The van der Waals surface area contributed by atoms with Gasteiger partial charge in [0.1, 0.15) is 5.75 Å². The lowest BCUT2D eigenvalue weighted by atomic mass is 10.1. The van der Waals surface area contributed by atoms with E-state index in [0.29, 0.717) is 11.3 Å². The third-order valence-electron chi connectivity index (χ3n) is 3.24. The number of hydrogen-bond donors (Lipinski definition) is 2. The second-order valence-corrected chi connectivity index (χ2v) is 4.75. The van der Waals surface area contributed by atoms with E-state index in [9.17, 15) is 4.79 Å². The van der Waals surface area contributed by atoms with E-state index < -0.39 is 5.91 Å². The maximum absolute atomic E-state index is 11.1. The molecule has 4 N–H and O–H groups in total. The van der Waals surface area contributed by atoms with Crippen LogP contribution >= 0.6 is 0 Å². The number of ether oxygens (including phenoxy) is 1. The smallest absolute Gasteiger partial charge is 0.248 e. The van der Waals surface area contributed by atoms with Crippen LogP contribution in [0.15, 0.2) is 48.7 Å². The molecule has 1 heterocycles.